The summed E-state index contributed by atoms with van der Waals surface area (Å²) in [6.07, 6.45) is 0.498. The zero-order chi connectivity index (χ0) is 33.4. The second kappa shape index (κ2) is 16.0. The average Bonchev–Trinajstić information content (AvgIpc) is 2.94. The summed E-state index contributed by atoms with van der Waals surface area (Å²) in [6.45, 7) is 11.8. The number of sulfonamides is 1. The molecule has 0 saturated carbocycles. The lowest BCUT2D eigenvalue weighted by Gasteiger charge is -2.28. The lowest BCUT2D eigenvalue weighted by Crippen LogP contribution is -2.46. The molecule has 0 aliphatic rings. The predicted molar refractivity (Wildman–Crippen MR) is 170 cm³/mol. The van der Waals surface area contributed by atoms with E-state index in [2.05, 4.69) is 16.0 Å². The maximum atomic E-state index is 13.6. The molecule has 244 valence electrons. The molecule has 12 heteroatoms. The molecular formula is C32H47FN4O6S. The minimum atomic E-state index is -3.74. The van der Waals surface area contributed by atoms with Gasteiger partial charge < -0.3 is 21.1 Å². The smallest absolute Gasteiger partial charge is 0.251 e. The largest absolute Gasteiger partial charge is 0.391 e. The number of carbonyl (C=O) groups is 3. The van der Waals surface area contributed by atoms with E-state index >= 15 is 0 Å². The molecule has 0 aliphatic heterocycles. The maximum Gasteiger partial charge on any atom is 0.251 e. The fourth-order valence-electron chi connectivity index (χ4n) is 4.55. The minimum absolute atomic E-state index is 0.0151. The highest BCUT2D eigenvalue weighted by Gasteiger charge is 2.28. The van der Waals surface area contributed by atoms with Crippen molar-refractivity contribution in [1.29, 1.82) is 0 Å². The molecule has 0 saturated heterocycles. The van der Waals surface area contributed by atoms with Crippen molar-refractivity contribution in [2.75, 3.05) is 24.2 Å². The molecule has 4 N–H and O–H groups in total. The van der Waals surface area contributed by atoms with Crippen LogP contribution in [0.5, 0.6) is 0 Å². The van der Waals surface area contributed by atoms with Crippen LogP contribution in [-0.2, 0) is 14.8 Å². The number of benzene rings is 2. The number of halogens is 1. The van der Waals surface area contributed by atoms with Gasteiger partial charge in [0.2, 0.25) is 15.9 Å². The van der Waals surface area contributed by atoms with Crippen molar-refractivity contribution in [2.45, 2.75) is 72.6 Å². The normalized spacial score (nSPS) is 14.5. The number of rotatable bonds is 15. The standard InChI is InChI=1S/C32H47FN4O6S/c1-19(2)13-28(29(38)14-21(5)30(39)34-18-20(3)4)36-32(41)25-15-24(16-27(17-25)37(7)44(8,42)43)31(40)35-22(6)23-9-11-26(33)12-10-23/h9-12,15-17,19-22,28-29,38H,13-14,18H2,1-8H3,(H,34,39)(H,35,40)(H,36,41)/t21-,22-,28+,29+/m1/s1. The van der Waals surface area contributed by atoms with Crippen LogP contribution in [0.1, 0.15) is 86.7 Å². The number of aliphatic hydroxyl groups excluding tert-OH is 1. The third-order valence-corrected chi connectivity index (χ3v) is 8.46. The first-order valence-corrected chi connectivity index (χ1v) is 16.7. The van der Waals surface area contributed by atoms with Crippen LogP contribution in [0.25, 0.3) is 0 Å². The fourth-order valence-corrected chi connectivity index (χ4v) is 5.03. The lowest BCUT2D eigenvalue weighted by molar-refractivity contribution is -0.125. The van der Waals surface area contributed by atoms with Crippen LogP contribution in [0.3, 0.4) is 0 Å². The van der Waals surface area contributed by atoms with Gasteiger partial charge in [0, 0.05) is 30.6 Å². The van der Waals surface area contributed by atoms with E-state index in [1.54, 1.807) is 26.0 Å². The molecule has 10 nitrogen and oxygen atoms in total. The molecule has 0 aromatic heterocycles. The zero-order valence-corrected chi connectivity index (χ0v) is 27.7. The predicted octanol–water partition coefficient (Wildman–Crippen LogP) is 4.02. The Kier molecular flexibility index (Phi) is 13.3. The SMILES string of the molecule is CC(C)CNC(=O)[C@H](C)C[C@H](O)[C@H](CC(C)C)NC(=O)c1cc(C(=O)N[C@H](C)c2ccc(F)cc2)cc(N(C)S(C)(=O)=O)c1. The molecule has 0 unspecified atom stereocenters. The van der Waals surface area contributed by atoms with Crippen molar-refractivity contribution in [3.05, 3.63) is 65.0 Å². The number of aliphatic hydroxyl groups is 1. The minimum Gasteiger partial charge on any atom is -0.391 e. The Labute approximate surface area is 260 Å². The molecule has 0 bridgehead atoms. The number of nitrogens with one attached hydrogen (secondary N) is 3. The van der Waals surface area contributed by atoms with Crippen molar-refractivity contribution >= 4 is 33.4 Å². The first kappa shape index (κ1) is 36.7. The monoisotopic (exact) mass is 634 g/mol. The Hall–Kier alpha value is -3.51. The third kappa shape index (κ3) is 11.2. The van der Waals surface area contributed by atoms with Crippen LogP contribution in [0.2, 0.25) is 0 Å². The maximum absolute atomic E-state index is 13.6. The lowest BCUT2D eigenvalue weighted by atomic mass is 9.92. The number of anilines is 1. The summed E-state index contributed by atoms with van der Waals surface area (Å²) in [5.74, 6) is -1.91. The van der Waals surface area contributed by atoms with Gasteiger partial charge in [-0.05, 0) is 67.5 Å². The summed E-state index contributed by atoms with van der Waals surface area (Å²) in [5.41, 5.74) is 0.797. The quantitative estimate of drug-likeness (QED) is 0.233. The van der Waals surface area contributed by atoms with E-state index in [0.29, 0.717) is 18.5 Å². The van der Waals surface area contributed by atoms with Crippen LogP contribution >= 0.6 is 0 Å². The van der Waals surface area contributed by atoms with Crippen LogP contribution in [0.4, 0.5) is 10.1 Å². The highest BCUT2D eigenvalue weighted by atomic mass is 32.2. The number of hydrogen-bond acceptors (Lipinski definition) is 6. The molecule has 2 rings (SSSR count). The molecular weight excluding hydrogens is 587 g/mol. The summed E-state index contributed by atoms with van der Waals surface area (Å²) >= 11 is 0. The van der Waals surface area contributed by atoms with Gasteiger partial charge >= 0.3 is 0 Å². The molecule has 2 aromatic carbocycles. The second-order valence-corrected chi connectivity index (χ2v) is 14.3. The van der Waals surface area contributed by atoms with Gasteiger partial charge in [0.1, 0.15) is 5.82 Å². The van der Waals surface area contributed by atoms with E-state index in [4.69, 9.17) is 0 Å². The molecule has 2 aromatic rings. The highest BCUT2D eigenvalue weighted by molar-refractivity contribution is 7.92. The zero-order valence-electron chi connectivity index (χ0n) is 26.8. The third-order valence-electron chi connectivity index (χ3n) is 7.25. The summed E-state index contributed by atoms with van der Waals surface area (Å²) in [6, 6.07) is 8.50. The van der Waals surface area contributed by atoms with Crippen LogP contribution in [0, 0.1) is 23.6 Å². The van der Waals surface area contributed by atoms with Gasteiger partial charge in [-0.15, -0.1) is 0 Å². The first-order valence-electron chi connectivity index (χ1n) is 14.8. The summed E-state index contributed by atoms with van der Waals surface area (Å²) < 4.78 is 39.0. The van der Waals surface area contributed by atoms with E-state index < -0.39 is 51.8 Å². The van der Waals surface area contributed by atoms with Gasteiger partial charge in [-0.3, -0.25) is 18.7 Å². The molecule has 3 amide bonds. The molecule has 0 radical (unpaired) electrons. The number of carbonyl (C=O) groups excluding carboxylic acids is 3. The van der Waals surface area contributed by atoms with Gasteiger partial charge in [-0.1, -0.05) is 46.8 Å². The molecule has 0 aliphatic carbocycles. The Morgan fingerprint density at radius 3 is 1.91 bits per heavy atom. The van der Waals surface area contributed by atoms with E-state index in [1.807, 2.05) is 27.7 Å². The van der Waals surface area contributed by atoms with Gasteiger partial charge in [0.25, 0.3) is 11.8 Å². The Morgan fingerprint density at radius 2 is 1.41 bits per heavy atom. The Bertz CT molecular complexity index is 1400. The van der Waals surface area contributed by atoms with Crippen molar-refractivity contribution < 1.29 is 32.3 Å². The molecule has 0 spiro atoms. The van der Waals surface area contributed by atoms with Gasteiger partial charge in [-0.2, -0.15) is 0 Å². The van der Waals surface area contributed by atoms with Crippen molar-refractivity contribution in [1.82, 2.24) is 16.0 Å². The first-order chi connectivity index (χ1) is 20.4. The van der Waals surface area contributed by atoms with Crippen LogP contribution in [-0.4, -0.2) is 63.2 Å². The fraction of sp³-hybridized carbons (Fsp3) is 0.531. The van der Waals surface area contributed by atoms with E-state index in [0.717, 1.165) is 10.6 Å². The number of nitrogens with zero attached hydrogens (tertiary/aromatic N) is 1. The number of hydrogen-bond donors (Lipinski definition) is 4. The van der Waals surface area contributed by atoms with Crippen molar-refractivity contribution in [3.8, 4) is 0 Å². The van der Waals surface area contributed by atoms with Crippen LogP contribution < -0.4 is 20.3 Å². The highest BCUT2D eigenvalue weighted by Crippen LogP contribution is 2.23. The van der Waals surface area contributed by atoms with Gasteiger partial charge in [-0.25, -0.2) is 12.8 Å². The summed E-state index contributed by atoms with van der Waals surface area (Å²) in [4.78, 5) is 39.4. The van der Waals surface area contributed by atoms with Crippen LogP contribution in [0.15, 0.2) is 42.5 Å². The second-order valence-electron chi connectivity index (χ2n) is 12.3. The Morgan fingerprint density at radius 1 is 0.864 bits per heavy atom. The van der Waals surface area contributed by atoms with E-state index in [-0.39, 0.29) is 41.0 Å². The van der Waals surface area contributed by atoms with Gasteiger partial charge in [0.05, 0.1) is 30.1 Å². The van der Waals surface area contributed by atoms with Crippen molar-refractivity contribution in [2.24, 2.45) is 17.8 Å². The molecule has 0 fully saturated rings. The van der Waals surface area contributed by atoms with E-state index in [9.17, 15) is 32.3 Å². The molecule has 0 heterocycles. The Balaban J connectivity index is 2.36. The molecule has 4 atom stereocenters. The topological polar surface area (TPSA) is 145 Å². The average molecular weight is 635 g/mol. The van der Waals surface area contributed by atoms with Gasteiger partial charge in [0.15, 0.2) is 0 Å². The summed E-state index contributed by atoms with van der Waals surface area (Å²) in [5, 5.41) is 19.6. The summed E-state index contributed by atoms with van der Waals surface area (Å²) in [7, 11) is -2.43. The van der Waals surface area contributed by atoms with E-state index in [1.165, 1.54) is 37.4 Å². The molecule has 44 heavy (non-hydrogen) atoms. The van der Waals surface area contributed by atoms with Crippen molar-refractivity contribution in [3.63, 3.8) is 0 Å². The number of amides is 3.